The van der Waals surface area contributed by atoms with Crippen LogP contribution in [-0.2, 0) is 9.84 Å². The van der Waals surface area contributed by atoms with E-state index < -0.39 is 27.3 Å². The van der Waals surface area contributed by atoms with Gasteiger partial charge in [-0.15, -0.1) is 0 Å². The van der Waals surface area contributed by atoms with Crippen molar-refractivity contribution in [2.24, 2.45) is 0 Å². The maximum atomic E-state index is 13.4. The minimum Gasteiger partial charge on any atom is -0.421 e. The molecule has 1 saturated carbocycles. The lowest BCUT2D eigenvalue weighted by molar-refractivity contribution is 0.131. The molecule has 2 aromatic carbocycles. The van der Waals surface area contributed by atoms with Crippen LogP contribution in [0.1, 0.15) is 18.9 Å². The van der Waals surface area contributed by atoms with Crippen molar-refractivity contribution in [3.63, 3.8) is 0 Å². The normalized spacial score (nSPS) is 19.0. The number of H-pyrrole nitrogens is 1. The summed E-state index contributed by atoms with van der Waals surface area (Å²) in [6.45, 7) is 0. The van der Waals surface area contributed by atoms with Gasteiger partial charge in [-0.3, -0.25) is 9.48 Å². The second kappa shape index (κ2) is 6.66. The number of nitrogens with one attached hydrogen (secondary N) is 1. The first-order valence-corrected chi connectivity index (χ1v) is 11.1. The van der Waals surface area contributed by atoms with E-state index in [0.717, 1.165) is 0 Å². The molecule has 0 spiro atoms. The van der Waals surface area contributed by atoms with E-state index in [4.69, 9.17) is 11.6 Å². The van der Waals surface area contributed by atoms with Crippen molar-refractivity contribution in [1.29, 1.82) is 0 Å². The van der Waals surface area contributed by atoms with Crippen LogP contribution in [0.3, 0.4) is 0 Å². The standard InChI is InChI=1S/C19H14ClFN4O5S/c20-13-3-4-15(17-16(13)18(26)25(28)19(27)23-17)31(29,30)12-2-1-9-8-22-24(14(9)7-12)11-5-10(21)6-11/h1-4,7-8,10-11,28H,5-6H2,(H,23,27)/t10-,11-. The summed E-state index contributed by atoms with van der Waals surface area (Å²) in [4.78, 5) is 25.9. The molecular weight excluding hydrogens is 451 g/mol. The zero-order chi connectivity index (χ0) is 22.1. The van der Waals surface area contributed by atoms with Gasteiger partial charge in [0.1, 0.15) is 6.17 Å². The van der Waals surface area contributed by atoms with Gasteiger partial charge in [0.2, 0.25) is 9.84 Å². The molecule has 12 heteroatoms. The van der Waals surface area contributed by atoms with E-state index in [1.54, 1.807) is 16.9 Å². The Hall–Kier alpha value is -3.18. The topological polar surface area (TPSA) is 127 Å². The van der Waals surface area contributed by atoms with Gasteiger partial charge >= 0.3 is 5.69 Å². The number of hydrogen-bond acceptors (Lipinski definition) is 6. The van der Waals surface area contributed by atoms with E-state index >= 15 is 0 Å². The van der Waals surface area contributed by atoms with Gasteiger partial charge in [0.25, 0.3) is 5.56 Å². The highest BCUT2D eigenvalue weighted by molar-refractivity contribution is 7.91. The van der Waals surface area contributed by atoms with Crippen LogP contribution in [0, 0.1) is 0 Å². The summed E-state index contributed by atoms with van der Waals surface area (Å²) < 4.78 is 41.6. The highest BCUT2D eigenvalue weighted by atomic mass is 35.5. The molecule has 9 nitrogen and oxygen atoms in total. The summed E-state index contributed by atoms with van der Waals surface area (Å²) in [5, 5.41) is 14.1. The largest absolute Gasteiger partial charge is 0.421 e. The summed E-state index contributed by atoms with van der Waals surface area (Å²) in [7, 11) is -4.21. The Morgan fingerprint density at radius 1 is 1.19 bits per heavy atom. The molecule has 160 valence electrons. The number of benzene rings is 2. The van der Waals surface area contributed by atoms with Crippen molar-refractivity contribution in [3.05, 3.63) is 62.4 Å². The third-order valence-electron chi connectivity index (χ3n) is 5.52. The van der Waals surface area contributed by atoms with Crippen molar-refractivity contribution in [2.75, 3.05) is 0 Å². The molecule has 0 unspecified atom stereocenters. The van der Waals surface area contributed by atoms with Gasteiger partial charge < -0.3 is 10.2 Å². The van der Waals surface area contributed by atoms with Crippen LogP contribution in [0.2, 0.25) is 5.02 Å². The second-order valence-corrected chi connectivity index (χ2v) is 9.70. The molecule has 2 heterocycles. The van der Waals surface area contributed by atoms with Gasteiger partial charge in [-0.25, -0.2) is 17.6 Å². The lowest BCUT2D eigenvalue weighted by Crippen LogP contribution is -2.33. The predicted molar refractivity (Wildman–Crippen MR) is 109 cm³/mol. The molecule has 1 fully saturated rings. The van der Waals surface area contributed by atoms with Crippen LogP contribution >= 0.6 is 11.6 Å². The Morgan fingerprint density at radius 3 is 2.65 bits per heavy atom. The molecule has 0 saturated heterocycles. The van der Waals surface area contributed by atoms with Crippen LogP contribution in [0.25, 0.3) is 21.8 Å². The molecule has 1 aliphatic rings. The summed E-state index contributed by atoms with van der Waals surface area (Å²) in [5.74, 6) is 0. The van der Waals surface area contributed by atoms with E-state index in [1.165, 1.54) is 24.3 Å². The molecule has 2 aromatic heterocycles. The summed E-state index contributed by atoms with van der Waals surface area (Å²) in [6.07, 6.45) is 1.30. The molecule has 0 aliphatic heterocycles. The van der Waals surface area contributed by atoms with Crippen LogP contribution in [0.4, 0.5) is 4.39 Å². The average Bonchev–Trinajstić information content (AvgIpc) is 3.12. The van der Waals surface area contributed by atoms with Crippen molar-refractivity contribution in [3.8, 4) is 0 Å². The molecule has 0 amide bonds. The Labute approximate surface area is 178 Å². The fourth-order valence-corrected chi connectivity index (χ4v) is 5.47. The second-order valence-electron chi connectivity index (χ2n) is 7.38. The third-order valence-corrected chi connectivity index (χ3v) is 7.63. The summed E-state index contributed by atoms with van der Waals surface area (Å²) in [6, 6.07) is 6.62. The van der Waals surface area contributed by atoms with Gasteiger partial charge in [-0.1, -0.05) is 16.3 Å². The number of aromatic nitrogens is 4. The van der Waals surface area contributed by atoms with E-state index in [-0.39, 0.29) is 36.5 Å². The number of fused-ring (bicyclic) bond motifs is 2. The number of sulfone groups is 1. The first-order chi connectivity index (χ1) is 14.7. The summed E-state index contributed by atoms with van der Waals surface area (Å²) >= 11 is 6.02. The minimum atomic E-state index is -4.21. The van der Waals surface area contributed by atoms with Gasteiger partial charge in [-0.2, -0.15) is 5.10 Å². The Morgan fingerprint density at radius 2 is 1.94 bits per heavy atom. The first kappa shape index (κ1) is 19.8. The van der Waals surface area contributed by atoms with Crippen molar-refractivity contribution in [1.82, 2.24) is 19.5 Å². The Kier molecular flexibility index (Phi) is 4.25. The molecule has 1 aliphatic carbocycles. The lowest BCUT2D eigenvalue weighted by atomic mass is 9.91. The molecule has 0 radical (unpaired) electrons. The van der Waals surface area contributed by atoms with E-state index in [0.29, 0.717) is 23.7 Å². The summed E-state index contributed by atoms with van der Waals surface area (Å²) in [5.41, 5.74) is -2.11. The fourth-order valence-electron chi connectivity index (χ4n) is 3.80. The Balaban J connectivity index is 1.73. The Bertz CT molecular complexity index is 1600. The molecule has 5 rings (SSSR count). The number of nitrogens with zero attached hydrogens (tertiary/aromatic N) is 3. The smallest absolute Gasteiger partial charge is 0.362 e. The molecular formula is C19H14ClFN4O5S. The third kappa shape index (κ3) is 2.87. The maximum Gasteiger partial charge on any atom is 0.362 e. The average molecular weight is 465 g/mol. The van der Waals surface area contributed by atoms with Gasteiger partial charge in [0, 0.05) is 18.2 Å². The monoisotopic (exact) mass is 464 g/mol. The number of rotatable bonds is 3. The first-order valence-electron chi connectivity index (χ1n) is 9.21. The zero-order valence-electron chi connectivity index (χ0n) is 15.6. The molecule has 0 bridgehead atoms. The predicted octanol–water partition coefficient (Wildman–Crippen LogP) is 2.44. The van der Waals surface area contributed by atoms with Crippen LogP contribution in [0.5, 0.6) is 0 Å². The highest BCUT2D eigenvalue weighted by Crippen LogP contribution is 2.37. The molecule has 31 heavy (non-hydrogen) atoms. The van der Waals surface area contributed by atoms with Crippen LogP contribution < -0.4 is 11.2 Å². The van der Waals surface area contributed by atoms with Gasteiger partial charge in [0.15, 0.2) is 0 Å². The van der Waals surface area contributed by atoms with E-state index in [1.807, 2.05) is 0 Å². The van der Waals surface area contributed by atoms with Crippen LogP contribution in [-0.4, -0.2) is 39.3 Å². The quantitative estimate of drug-likeness (QED) is 0.448. The van der Waals surface area contributed by atoms with Crippen molar-refractivity contribution < 1.29 is 18.0 Å². The molecule has 0 atom stereocenters. The van der Waals surface area contributed by atoms with Crippen LogP contribution in [0.15, 0.2) is 55.9 Å². The maximum absolute atomic E-state index is 13.4. The molecule has 2 N–H and O–H groups in total. The SMILES string of the molecule is O=c1[nH]c2c(S(=O)(=O)c3ccc4cnn([C@H]5C[C@H](F)C5)c4c3)ccc(Cl)c2c(=O)n1O. The molecule has 4 aromatic rings. The fraction of sp³-hybridized carbons (Fsp3) is 0.211. The van der Waals surface area contributed by atoms with Gasteiger partial charge in [-0.05, 0) is 30.3 Å². The number of alkyl halides is 1. The van der Waals surface area contributed by atoms with Gasteiger partial charge in [0.05, 0.1) is 43.5 Å². The number of halogens is 2. The van der Waals surface area contributed by atoms with Crippen molar-refractivity contribution in [2.45, 2.75) is 34.8 Å². The van der Waals surface area contributed by atoms with E-state index in [2.05, 4.69) is 10.1 Å². The van der Waals surface area contributed by atoms with Crippen molar-refractivity contribution >= 4 is 43.2 Å². The zero-order valence-corrected chi connectivity index (χ0v) is 17.2. The number of hydrogen-bond donors (Lipinski definition) is 2. The number of aromatic amines is 1. The van der Waals surface area contributed by atoms with E-state index in [9.17, 15) is 27.6 Å². The highest BCUT2D eigenvalue weighted by Gasteiger charge is 2.32. The lowest BCUT2D eigenvalue weighted by Gasteiger charge is -2.30. The minimum absolute atomic E-state index is 0.101.